The van der Waals surface area contributed by atoms with Gasteiger partial charge >= 0.3 is 0 Å². The summed E-state index contributed by atoms with van der Waals surface area (Å²) in [6.45, 7) is 4.15. The van der Waals surface area contributed by atoms with E-state index in [4.69, 9.17) is 0 Å². The van der Waals surface area contributed by atoms with Gasteiger partial charge in [0, 0.05) is 74.4 Å². The fraction of sp³-hybridized carbons (Fsp3) is 0.387. The number of nitrogens with zero attached hydrogens (tertiary/aromatic N) is 4. The molecule has 3 heterocycles. The van der Waals surface area contributed by atoms with Crippen molar-refractivity contribution < 1.29 is 22.8 Å². The smallest absolute Gasteiger partial charge is 0.261 e. The van der Waals surface area contributed by atoms with Crippen LogP contribution in [0.25, 0.3) is 10.8 Å². The van der Waals surface area contributed by atoms with E-state index in [0.717, 1.165) is 36.5 Å². The van der Waals surface area contributed by atoms with E-state index in [9.17, 15) is 22.8 Å². The minimum absolute atomic E-state index is 0.130. The number of amides is 3. The predicted octanol–water partition coefficient (Wildman–Crippen LogP) is 3.46. The quantitative estimate of drug-likeness (QED) is 0.419. The van der Waals surface area contributed by atoms with Crippen molar-refractivity contribution in [2.75, 3.05) is 52.4 Å². The third-order valence-electron chi connectivity index (χ3n) is 8.46. The lowest BCUT2D eigenvalue weighted by atomic mass is 9.94. The summed E-state index contributed by atoms with van der Waals surface area (Å²) in [7, 11) is -3.56. The van der Waals surface area contributed by atoms with Gasteiger partial charge in [0.15, 0.2) is 0 Å². The Balaban J connectivity index is 1.04. The van der Waals surface area contributed by atoms with E-state index in [1.165, 1.54) is 17.0 Å². The van der Waals surface area contributed by atoms with Crippen LogP contribution in [0, 0.1) is 0 Å². The fourth-order valence-electron chi connectivity index (χ4n) is 6.08. The summed E-state index contributed by atoms with van der Waals surface area (Å²) in [6, 6.07) is 17.3. The molecule has 3 aliphatic heterocycles. The monoisotopic (exact) mass is 574 g/mol. The third-order valence-corrected chi connectivity index (χ3v) is 10.4. The molecule has 2 saturated heterocycles. The highest BCUT2D eigenvalue weighted by Gasteiger charge is 2.33. The SMILES string of the molecule is O=C(c1ccc(S(=O)(=O)N2CCCCCC2)cc1)N1CCN(CCN2C(=O)c3cccc4cccc(c34)C2=O)CC1. The number of piperazine rings is 1. The van der Waals surface area contributed by atoms with Crippen molar-refractivity contribution in [1.29, 1.82) is 0 Å². The average molecular weight is 575 g/mol. The number of imide groups is 1. The zero-order chi connectivity index (χ0) is 28.6. The molecule has 0 spiro atoms. The molecule has 10 heteroatoms. The number of sulfonamides is 1. The van der Waals surface area contributed by atoms with E-state index in [0.29, 0.717) is 62.5 Å². The molecule has 0 N–H and O–H groups in total. The number of carbonyl (C=O) groups is 3. The van der Waals surface area contributed by atoms with Gasteiger partial charge in [-0.1, -0.05) is 37.1 Å². The van der Waals surface area contributed by atoms with Crippen LogP contribution in [0.2, 0.25) is 0 Å². The Morgan fingerprint density at radius 2 is 1.27 bits per heavy atom. The molecule has 214 valence electrons. The van der Waals surface area contributed by atoms with Crippen molar-refractivity contribution >= 4 is 38.5 Å². The molecule has 3 amide bonds. The maximum absolute atomic E-state index is 13.2. The van der Waals surface area contributed by atoms with Crippen molar-refractivity contribution in [1.82, 2.24) is 19.0 Å². The Morgan fingerprint density at radius 3 is 1.85 bits per heavy atom. The molecule has 0 aliphatic carbocycles. The number of rotatable bonds is 6. The summed E-state index contributed by atoms with van der Waals surface area (Å²) in [5, 5.41) is 1.61. The van der Waals surface area contributed by atoms with Gasteiger partial charge in [-0.3, -0.25) is 24.2 Å². The summed E-state index contributed by atoms with van der Waals surface area (Å²) in [6.07, 6.45) is 3.84. The molecule has 0 unspecified atom stereocenters. The maximum atomic E-state index is 13.2. The first-order valence-corrected chi connectivity index (χ1v) is 15.8. The van der Waals surface area contributed by atoms with Crippen molar-refractivity contribution in [2.45, 2.75) is 30.6 Å². The van der Waals surface area contributed by atoms with Gasteiger partial charge in [0.25, 0.3) is 17.7 Å². The highest BCUT2D eigenvalue weighted by molar-refractivity contribution is 7.89. The van der Waals surface area contributed by atoms with Crippen molar-refractivity contribution in [3.05, 3.63) is 77.4 Å². The first-order valence-electron chi connectivity index (χ1n) is 14.3. The maximum Gasteiger partial charge on any atom is 0.261 e. The zero-order valence-electron chi connectivity index (χ0n) is 23.0. The Kier molecular flexibility index (Phi) is 7.63. The van der Waals surface area contributed by atoms with Crippen LogP contribution in [0.4, 0.5) is 0 Å². The fourth-order valence-corrected chi connectivity index (χ4v) is 7.60. The largest absolute Gasteiger partial charge is 0.336 e. The summed E-state index contributed by atoms with van der Waals surface area (Å²) < 4.78 is 27.7. The van der Waals surface area contributed by atoms with Crippen LogP contribution in [0.3, 0.4) is 0 Å². The highest BCUT2D eigenvalue weighted by atomic mass is 32.2. The van der Waals surface area contributed by atoms with E-state index < -0.39 is 10.0 Å². The van der Waals surface area contributed by atoms with Gasteiger partial charge in [-0.05, 0) is 54.6 Å². The average Bonchev–Trinajstić information content (AvgIpc) is 3.30. The molecule has 3 aromatic rings. The number of benzene rings is 3. The standard InChI is InChI=1S/C31H34N4O5S/c36-29(24-11-13-25(14-12-24)41(39,40)34-15-3-1-2-4-16-34)33-20-17-32(18-21-33)19-22-35-30(37)26-9-5-7-23-8-6-10-27(28(23)26)31(35)38/h5-14H,1-4,15-22H2. The van der Waals surface area contributed by atoms with E-state index >= 15 is 0 Å². The van der Waals surface area contributed by atoms with Gasteiger partial charge in [-0.15, -0.1) is 0 Å². The molecular formula is C31H34N4O5S. The van der Waals surface area contributed by atoms with Crippen LogP contribution in [-0.2, 0) is 10.0 Å². The second-order valence-corrected chi connectivity index (χ2v) is 12.9. The Bertz CT molecular complexity index is 1540. The summed E-state index contributed by atoms with van der Waals surface area (Å²) in [4.78, 5) is 45.0. The van der Waals surface area contributed by atoms with Gasteiger partial charge in [-0.25, -0.2) is 8.42 Å². The summed E-state index contributed by atoms with van der Waals surface area (Å²) >= 11 is 0. The molecule has 0 atom stereocenters. The second kappa shape index (κ2) is 11.3. The van der Waals surface area contributed by atoms with Crippen molar-refractivity contribution in [2.24, 2.45) is 0 Å². The van der Waals surface area contributed by atoms with E-state index in [1.54, 1.807) is 33.5 Å². The third kappa shape index (κ3) is 5.27. The minimum Gasteiger partial charge on any atom is -0.336 e. The molecule has 0 bridgehead atoms. The topological polar surface area (TPSA) is 98.3 Å². The first-order chi connectivity index (χ1) is 19.8. The summed E-state index contributed by atoms with van der Waals surface area (Å²) in [5.74, 6) is -0.668. The number of hydrogen-bond donors (Lipinski definition) is 0. The lowest BCUT2D eigenvalue weighted by Gasteiger charge is -2.36. The molecule has 2 fully saturated rings. The molecule has 0 radical (unpaired) electrons. The van der Waals surface area contributed by atoms with E-state index in [-0.39, 0.29) is 29.2 Å². The lowest BCUT2D eigenvalue weighted by Crippen LogP contribution is -2.51. The zero-order valence-corrected chi connectivity index (χ0v) is 23.8. The minimum atomic E-state index is -3.56. The van der Waals surface area contributed by atoms with Crippen LogP contribution in [0.5, 0.6) is 0 Å². The number of hydrogen-bond acceptors (Lipinski definition) is 6. The van der Waals surface area contributed by atoms with Crippen LogP contribution in [-0.4, -0.2) is 97.5 Å². The number of carbonyl (C=O) groups excluding carboxylic acids is 3. The Morgan fingerprint density at radius 1 is 0.683 bits per heavy atom. The van der Waals surface area contributed by atoms with Crippen LogP contribution in [0.15, 0.2) is 65.6 Å². The molecule has 3 aliphatic rings. The molecule has 0 saturated carbocycles. The molecule has 3 aromatic carbocycles. The molecule has 9 nitrogen and oxygen atoms in total. The molecule has 41 heavy (non-hydrogen) atoms. The van der Waals surface area contributed by atoms with Crippen LogP contribution in [0.1, 0.15) is 56.8 Å². The van der Waals surface area contributed by atoms with Crippen molar-refractivity contribution in [3.8, 4) is 0 Å². The van der Waals surface area contributed by atoms with Gasteiger partial charge in [0.1, 0.15) is 0 Å². The van der Waals surface area contributed by atoms with Crippen LogP contribution < -0.4 is 0 Å². The van der Waals surface area contributed by atoms with E-state index in [2.05, 4.69) is 4.90 Å². The van der Waals surface area contributed by atoms with Gasteiger partial charge in [0.05, 0.1) is 4.90 Å². The lowest BCUT2D eigenvalue weighted by molar-refractivity contribution is 0.0550. The predicted molar refractivity (Wildman–Crippen MR) is 155 cm³/mol. The highest BCUT2D eigenvalue weighted by Crippen LogP contribution is 2.30. The Labute approximate surface area is 240 Å². The van der Waals surface area contributed by atoms with Gasteiger partial charge < -0.3 is 4.90 Å². The molecule has 6 rings (SSSR count). The van der Waals surface area contributed by atoms with Crippen LogP contribution >= 0.6 is 0 Å². The normalized spacial score (nSPS) is 19.0. The van der Waals surface area contributed by atoms with E-state index in [1.807, 2.05) is 24.3 Å². The van der Waals surface area contributed by atoms with Gasteiger partial charge in [-0.2, -0.15) is 4.31 Å². The molecule has 0 aromatic heterocycles. The first kappa shape index (κ1) is 27.6. The second-order valence-electron chi connectivity index (χ2n) is 10.9. The summed E-state index contributed by atoms with van der Waals surface area (Å²) in [5.41, 5.74) is 1.57. The molecular weight excluding hydrogens is 540 g/mol. The van der Waals surface area contributed by atoms with Gasteiger partial charge in [0.2, 0.25) is 10.0 Å². The van der Waals surface area contributed by atoms with Crippen molar-refractivity contribution in [3.63, 3.8) is 0 Å². The Hall–Kier alpha value is -3.60.